The fourth-order valence-corrected chi connectivity index (χ4v) is 1.02. The number of nitrogens with one attached hydrogen (secondary N) is 1. The summed E-state index contributed by atoms with van der Waals surface area (Å²) in [5.74, 6) is 0. The van der Waals surface area contributed by atoms with Crippen molar-refractivity contribution in [2.75, 3.05) is 0 Å². The van der Waals surface area contributed by atoms with Crippen LogP contribution in [0.2, 0.25) is 0 Å². The molecule has 7 heavy (non-hydrogen) atoms. The second-order valence-corrected chi connectivity index (χ2v) is 2.22. The molecule has 0 spiro atoms. The minimum Gasteiger partial charge on any atom is -0.266 e. The van der Waals surface area contributed by atoms with Gasteiger partial charge in [0.05, 0.1) is 0 Å². The maximum absolute atomic E-state index is 10.3. The van der Waals surface area contributed by atoms with Crippen LogP contribution < -0.4 is 5.56 Å². The summed E-state index contributed by atoms with van der Waals surface area (Å²) in [4.78, 5) is 10.3. The molecule has 0 fully saturated rings. The van der Waals surface area contributed by atoms with Gasteiger partial charge < -0.3 is 0 Å². The number of H-pyrrole nitrogens is 1. The van der Waals surface area contributed by atoms with E-state index in [1.165, 1.54) is 0 Å². The Morgan fingerprint density at radius 3 is 2.71 bits per heavy atom. The zero-order valence-corrected chi connectivity index (χ0v) is 5.54. The van der Waals surface area contributed by atoms with E-state index in [4.69, 9.17) is 0 Å². The lowest BCUT2D eigenvalue weighted by Gasteiger charge is -1.59. The normalized spacial score (nSPS) is 9.29. The Hall–Kier alpha value is -0.160. The van der Waals surface area contributed by atoms with E-state index in [9.17, 15) is 4.79 Å². The van der Waals surface area contributed by atoms with E-state index in [1.807, 2.05) is 0 Å². The molecule has 38 valence electrons. The van der Waals surface area contributed by atoms with Gasteiger partial charge in [-0.15, -0.1) is 0 Å². The van der Waals surface area contributed by atoms with Gasteiger partial charge in [0.25, 0.3) is 5.56 Å². The van der Waals surface area contributed by atoms with Gasteiger partial charge in [-0.2, -0.15) is 4.37 Å². The lowest BCUT2D eigenvalue weighted by Crippen LogP contribution is -1.96. The van der Waals surface area contributed by atoms with Crippen LogP contribution in [0.3, 0.4) is 0 Å². The van der Waals surface area contributed by atoms with Gasteiger partial charge in [-0.25, -0.2) is 0 Å². The lowest BCUT2D eigenvalue weighted by molar-refractivity contribution is 1.35. The van der Waals surface area contributed by atoms with E-state index in [0.29, 0.717) is 4.60 Å². The van der Waals surface area contributed by atoms with Gasteiger partial charge in [0.1, 0.15) is 0 Å². The number of aromatic amines is 1. The summed E-state index contributed by atoms with van der Waals surface area (Å²) in [6, 6.07) is 0. The summed E-state index contributed by atoms with van der Waals surface area (Å²) in [5, 5.41) is 0. The van der Waals surface area contributed by atoms with Gasteiger partial charge in [0, 0.05) is 11.7 Å². The molecule has 0 radical (unpaired) electrons. The molecular formula is C2HBrN2OS. The maximum atomic E-state index is 10.3. The zero-order valence-electron chi connectivity index (χ0n) is 3.14. The molecule has 1 aromatic heterocycles. The summed E-state index contributed by atoms with van der Waals surface area (Å²) in [5.41, 5.74) is -0.162. The van der Waals surface area contributed by atoms with Crippen molar-refractivity contribution in [3.63, 3.8) is 0 Å². The molecule has 5 heteroatoms. The Balaban J connectivity index is 3.39. The predicted molar refractivity (Wildman–Crippen MR) is 30.4 cm³/mol. The van der Waals surface area contributed by atoms with Crippen LogP contribution in [-0.4, -0.2) is 8.75 Å². The largest absolute Gasteiger partial charge is 0.292 e. The highest BCUT2D eigenvalue weighted by Crippen LogP contribution is 1.95. The Morgan fingerprint density at radius 1 is 1.86 bits per heavy atom. The van der Waals surface area contributed by atoms with Crippen LogP contribution in [0.15, 0.2) is 9.40 Å². The quantitative estimate of drug-likeness (QED) is 0.636. The first-order valence-corrected chi connectivity index (χ1v) is 3.07. The van der Waals surface area contributed by atoms with Crippen molar-refractivity contribution < 1.29 is 0 Å². The molecule has 0 aliphatic rings. The molecule has 0 unspecified atom stereocenters. The van der Waals surface area contributed by atoms with Crippen LogP contribution in [0.25, 0.3) is 0 Å². The Labute approximate surface area is 51.8 Å². The first-order valence-electron chi connectivity index (χ1n) is 1.50. The van der Waals surface area contributed by atoms with Gasteiger partial charge in [0.2, 0.25) is 0 Å². The van der Waals surface area contributed by atoms with Gasteiger partial charge in [-0.3, -0.25) is 9.17 Å². The first-order chi connectivity index (χ1) is 3.30. The van der Waals surface area contributed by atoms with Crippen molar-refractivity contribution in [2.24, 2.45) is 0 Å². The van der Waals surface area contributed by atoms with Crippen LogP contribution in [0.1, 0.15) is 0 Å². The molecule has 1 heterocycles. The average Bonchev–Trinajstić information content (AvgIpc) is 1.91. The second-order valence-electron chi connectivity index (χ2n) is 0.905. The molecule has 0 bridgehead atoms. The van der Waals surface area contributed by atoms with Gasteiger partial charge in [0.15, 0.2) is 4.60 Å². The minimum atomic E-state index is -0.162. The van der Waals surface area contributed by atoms with E-state index in [0.717, 1.165) is 11.7 Å². The molecule has 0 amide bonds. The smallest absolute Gasteiger partial charge is 0.266 e. The molecular weight excluding hydrogens is 180 g/mol. The van der Waals surface area contributed by atoms with Gasteiger partial charge >= 0.3 is 0 Å². The van der Waals surface area contributed by atoms with E-state index in [-0.39, 0.29) is 5.56 Å². The van der Waals surface area contributed by atoms with Crippen LogP contribution in [0.4, 0.5) is 0 Å². The third-order valence-electron chi connectivity index (χ3n) is 0.451. The van der Waals surface area contributed by atoms with Crippen molar-refractivity contribution in [1.82, 2.24) is 8.75 Å². The van der Waals surface area contributed by atoms with Crippen molar-refractivity contribution in [1.29, 1.82) is 0 Å². The van der Waals surface area contributed by atoms with Crippen molar-refractivity contribution in [3.8, 4) is 0 Å². The lowest BCUT2D eigenvalue weighted by atomic mass is 10.9. The fraction of sp³-hybridized carbons (Fsp3) is 0. The number of halogens is 1. The highest BCUT2D eigenvalue weighted by Gasteiger charge is 1.91. The highest BCUT2D eigenvalue weighted by atomic mass is 79.9. The zero-order chi connectivity index (χ0) is 5.28. The summed E-state index contributed by atoms with van der Waals surface area (Å²) in [7, 11) is 0. The van der Waals surface area contributed by atoms with Crippen molar-refractivity contribution in [3.05, 3.63) is 15.0 Å². The molecule has 0 aliphatic heterocycles. The first kappa shape index (κ1) is 4.99. The minimum absolute atomic E-state index is 0.162. The van der Waals surface area contributed by atoms with E-state index in [2.05, 4.69) is 24.7 Å². The summed E-state index contributed by atoms with van der Waals surface area (Å²) >= 11 is 3.95. The van der Waals surface area contributed by atoms with E-state index >= 15 is 0 Å². The highest BCUT2D eigenvalue weighted by molar-refractivity contribution is 9.10. The predicted octanol–water partition coefficient (Wildman–Crippen LogP) is 0.594. The molecule has 0 saturated heterocycles. The van der Waals surface area contributed by atoms with Gasteiger partial charge in [-0.05, 0) is 15.9 Å². The van der Waals surface area contributed by atoms with Crippen molar-refractivity contribution in [2.45, 2.75) is 0 Å². The third kappa shape index (κ3) is 0.889. The average molecular weight is 181 g/mol. The molecule has 0 aliphatic carbocycles. The van der Waals surface area contributed by atoms with E-state index < -0.39 is 0 Å². The SMILES string of the molecule is O=c1[nH]snc1Br. The summed E-state index contributed by atoms with van der Waals surface area (Å²) in [6.45, 7) is 0. The number of hydrogen-bond acceptors (Lipinski definition) is 3. The third-order valence-corrected chi connectivity index (χ3v) is 1.77. The molecule has 0 aromatic carbocycles. The Bertz CT molecular complexity index is 203. The topological polar surface area (TPSA) is 45.8 Å². The molecule has 1 N–H and O–H groups in total. The maximum Gasteiger partial charge on any atom is 0.292 e. The summed E-state index contributed by atoms with van der Waals surface area (Å²) < 4.78 is 6.36. The van der Waals surface area contributed by atoms with E-state index in [1.54, 1.807) is 0 Å². The number of rotatable bonds is 0. The molecule has 0 atom stereocenters. The van der Waals surface area contributed by atoms with Crippen LogP contribution >= 0.6 is 27.7 Å². The number of nitrogens with zero attached hydrogens (tertiary/aromatic N) is 1. The van der Waals surface area contributed by atoms with Gasteiger partial charge in [-0.1, -0.05) is 0 Å². The van der Waals surface area contributed by atoms with Crippen LogP contribution in [0, 0.1) is 0 Å². The number of hydrogen-bond donors (Lipinski definition) is 1. The molecule has 3 nitrogen and oxygen atoms in total. The Morgan fingerprint density at radius 2 is 2.57 bits per heavy atom. The molecule has 0 saturated carbocycles. The molecule has 1 aromatic rings. The van der Waals surface area contributed by atoms with Crippen LogP contribution in [0.5, 0.6) is 0 Å². The Kier molecular flexibility index (Phi) is 1.25. The number of aromatic nitrogens is 2. The van der Waals surface area contributed by atoms with Crippen molar-refractivity contribution >= 4 is 27.7 Å². The standard InChI is InChI=1S/C2HBrN2OS/c3-1-2(6)5-7-4-1/h(H,5,6). The summed E-state index contributed by atoms with van der Waals surface area (Å²) in [6.07, 6.45) is 0. The van der Waals surface area contributed by atoms with Crippen LogP contribution in [-0.2, 0) is 0 Å². The monoisotopic (exact) mass is 180 g/mol. The molecule has 1 rings (SSSR count). The fourth-order valence-electron chi connectivity index (χ4n) is 0.188. The second kappa shape index (κ2) is 1.75.